The fourth-order valence-corrected chi connectivity index (χ4v) is 11.3. The third-order valence-electron chi connectivity index (χ3n) is 3.94. The van der Waals surface area contributed by atoms with E-state index in [0.29, 0.717) is 10.0 Å². The van der Waals surface area contributed by atoms with Gasteiger partial charge in [0.1, 0.15) is 0 Å². The Morgan fingerprint density at radius 3 is 1.95 bits per heavy atom. The van der Waals surface area contributed by atoms with Crippen molar-refractivity contribution in [3.05, 3.63) is 25.0 Å². The number of halogens is 3. The van der Waals surface area contributed by atoms with Crippen LogP contribution in [-0.2, 0) is 0 Å². The predicted molar refractivity (Wildman–Crippen MR) is 93.3 cm³/mol. The van der Waals surface area contributed by atoms with Crippen molar-refractivity contribution >= 4 is 67.0 Å². The topological polar surface area (TPSA) is 37.3 Å². The minimum Gasteiger partial charge on any atom is -0.478 e. The third-order valence-corrected chi connectivity index (χ3v) is 12.4. The highest BCUT2D eigenvalue weighted by molar-refractivity contribution is 9.11. The average molecular weight is 473 g/mol. The SMILES string of the molecule is CC[Si](CC)(CC)c1c(Br)cc(Br)c(C(=O)O)c1Br. The zero-order chi connectivity index (χ0) is 14.8. The van der Waals surface area contributed by atoms with E-state index in [1.807, 2.05) is 6.07 Å². The molecule has 106 valence electrons. The zero-order valence-electron chi connectivity index (χ0n) is 11.2. The number of hydrogen-bond acceptors (Lipinski definition) is 1. The first-order valence-corrected chi connectivity index (χ1v) is 11.3. The van der Waals surface area contributed by atoms with Gasteiger partial charge in [0.2, 0.25) is 0 Å². The van der Waals surface area contributed by atoms with Gasteiger partial charge in [0, 0.05) is 13.4 Å². The Balaban J connectivity index is 3.69. The molecule has 0 amide bonds. The first-order valence-electron chi connectivity index (χ1n) is 6.25. The van der Waals surface area contributed by atoms with Gasteiger partial charge >= 0.3 is 5.97 Å². The summed E-state index contributed by atoms with van der Waals surface area (Å²) in [6.45, 7) is 6.63. The van der Waals surface area contributed by atoms with Gasteiger partial charge in [-0.2, -0.15) is 0 Å². The zero-order valence-corrected chi connectivity index (χ0v) is 16.9. The molecule has 19 heavy (non-hydrogen) atoms. The molecule has 0 heterocycles. The van der Waals surface area contributed by atoms with E-state index in [4.69, 9.17) is 0 Å². The quantitative estimate of drug-likeness (QED) is 0.583. The summed E-state index contributed by atoms with van der Waals surface area (Å²) in [5, 5.41) is 10.6. The van der Waals surface area contributed by atoms with Crippen molar-refractivity contribution in [2.75, 3.05) is 0 Å². The van der Waals surface area contributed by atoms with Crippen LogP contribution in [0.15, 0.2) is 19.5 Å². The van der Waals surface area contributed by atoms with E-state index in [0.717, 1.165) is 27.1 Å². The average Bonchev–Trinajstić information content (AvgIpc) is 2.33. The van der Waals surface area contributed by atoms with Gasteiger partial charge in [0.15, 0.2) is 0 Å². The molecule has 0 aliphatic carbocycles. The lowest BCUT2D eigenvalue weighted by Gasteiger charge is -2.31. The molecule has 0 saturated carbocycles. The number of carbonyl (C=O) groups is 1. The second kappa shape index (κ2) is 6.87. The van der Waals surface area contributed by atoms with E-state index in [-0.39, 0.29) is 0 Å². The fourth-order valence-electron chi connectivity index (χ4n) is 2.55. The summed E-state index contributed by atoms with van der Waals surface area (Å²) in [6, 6.07) is 5.19. The number of aromatic carboxylic acids is 1. The summed E-state index contributed by atoms with van der Waals surface area (Å²) in [4.78, 5) is 11.4. The van der Waals surface area contributed by atoms with E-state index in [2.05, 4.69) is 68.6 Å². The molecule has 0 radical (unpaired) electrons. The van der Waals surface area contributed by atoms with E-state index in [1.165, 1.54) is 5.19 Å². The Kier molecular flexibility index (Phi) is 6.29. The first kappa shape index (κ1) is 17.4. The van der Waals surface area contributed by atoms with E-state index < -0.39 is 14.0 Å². The summed E-state index contributed by atoms with van der Waals surface area (Å²) in [6.07, 6.45) is 0. The second-order valence-corrected chi connectivity index (χ2v) is 12.2. The molecule has 1 rings (SSSR count). The number of rotatable bonds is 5. The molecule has 0 bridgehead atoms. The number of benzene rings is 1. The molecule has 1 aromatic carbocycles. The van der Waals surface area contributed by atoms with Gasteiger partial charge in [-0.3, -0.25) is 0 Å². The number of carboxylic acids is 1. The van der Waals surface area contributed by atoms with Crippen LogP contribution in [0.25, 0.3) is 0 Å². The van der Waals surface area contributed by atoms with Gasteiger partial charge < -0.3 is 5.11 Å². The second-order valence-electron chi connectivity index (χ2n) is 4.55. The van der Waals surface area contributed by atoms with Gasteiger partial charge in [0.05, 0.1) is 13.6 Å². The van der Waals surface area contributed by atoms with Crippen molar-refractivity contribution in [3.63, 3.8) is 0 Å². The molecule has 0 unspecified atom stereocenters. The number of hydrogen-bond donors (Lipinski definition) is 1. The summed E-state index contributed by atoms with van der Waals surface area (Å²) >= 11 is 10.5. The Bertz CT molecular complexity index is 491. The van der Waals surface area contributed by atoms with E-state index >= 15 is 0 Å². The molecule has 0 aliphatic heterocycles. The van der Waals surface area contributed by atoms with Crippen LogP contribution in [-0.4, -0.2) is 19.1 Å². The van der Waals surface area contributed by atoms with Gasteiger partial charge in [-0.05, 0) is 43.1 Å². The molecule has 0 aliphatic rings. The maximum absolute atomic E-state index is 11.4. The Labute approximate surface area is 140 Å². The number of carboxylic acid groups (broad SMARTS) is 1. The smallest absolute Gasteiger partial charge is 0.337 e. The largest absolute Gasteiger partial charge is 0.478 e. The highest BCUT2D eigenvalue weighted by Crippen LogP contribution is 2.34. The van der Waals surface area contributed by atoms with Gasteiger partial charge in [-0.1, -0.05) is 54.8 Å². The van der Waals surface area contributed by atoms with Crippen molar-refractivity contribution in [1.82, 2.24) is 0 Å². The molecule has 0 saturated heterocycles. The fraction of sp³-hybridized carbons (Fsp3) is 0.462. The van der Waals surface area contributed by atoms with Crippen molar-refractivity contribution in [1.29, 1.82) is 0 Å². The Hall–Kier alpha value is 0.347. The maximum atomic E-state index is 11.4. The van der Waals surface area contributed by atoms with Crippen LogP contribution in [0.5, 0.6) is 0 Å². The molecule has 6 heteroatoms. The molecule has 2 nitrogen and oxygen atoms in total. The molecule has 0 atom stereocenters. The van der Waals surface area contributed by atoms with Crippen LogP contribution in [0.4, 0.5) is 0 Å². The lowest BCUT2D eigenvalue weighted by Crippen LogP contribution is -2.47. The van der Waals surface area contributed by atoms with Crippen molar-refractivity contribution in [2.24, 2.45) is 0 Å². The van der Waals surface area contributed by atoms with Crippen LogP contribution in [0, 0.1) is 0 Å². The summed E-state index contributed by atoms with van der Waals surface area (Å²) < 4.78 is 2.35. The van der Waals surface area contributed by atoms with Crippen LogP contribution < -0.4 is 5.19 Å². The summed E-state index contributed by atoms with van der Waals surface area (Å²) in [7, 11) is -1.66. The molecular weight excluding hydrogens is 456 g/mol. The molecule has 0 spiro atoms. The van der Waals surface area contributed by atoms with Crippen LogP contribution in [0.1, 0.15) is 31.1 Å². The Morgan fingerprint density at radius 2 is 1.58 bits per heavy atom. The van der Waals surface area contributed by atoms with Crippen molar-refractivity contribution in [3.8, 4) is 0 Å². The van der Waals surface area contributed by atoms with Crippen LogP contribution in [0.2, 0.25) is 18.1 Å². The summed E-state index contributed by atoms with van der Waals surface area (Å²) in [5.74, 6) is -0.904. The minimum atomic E-state index is -1.66. The lowest BCUT2D eigenvalue weighted by molar-refractivity contribution is 0.0695. The highest BCUT2D eigenvalue weighted by atomic mass is 79.9. The molecule has 0 aromatic heterocycles. The van der Waals surface area contributed by atoms with Crippen molar-refractivity contribution < 1.29 is 9.90 Å². The molecule has 1 N–H and O–H groups in total. The molecular formula is C13H17Br3O2Si. The Morgan fingerprint density at radius 1 is 1.11 bits per heavy atom. The van der Waals surface area contributed by atoms with Crippen LogP contribution >= 0.6 is 47.8 Å². The van der Waals surface area contributed by atoms with E-state index in [1.54, 1.807) is 0 Å². The van der Waals surface area contributed by atoms with Gasteiger partial charge in [-0.25, -0.2) is 4.79 Å². The third kappa shape index (κ3) is 3.17. The highest BCUT2D eigenvalue weighted by Gasteiger charge is 2.35. The minimum absolute atomic E-state index is 0.324. The lowest BCUT2D eigenvalue weighted by atomic mass is 10.2. The van der Waals surface area contributed by atoms with E-state index in [9.17, 15) is 9.90 Å². The summed E-state index contributed by atoms with van der Waals surface area (Å²) in [5.41, 5.74) is 0.324. The van der Waals surface area contributed by atoms with Gasteiger partial charge in [-0.15, -0.1) is 0 Å². The van der Waals surface area contributed by atoms with Crippen molar-refractivity contribution in [2.45, 2.75) is 38.9 Å². The van der Waals surface area contributed by atoms with Crippen LogP contribution in [0.3, 0.4) is 0 Å². The molecule has 0 fully saturated rings. The molecule has 1 aromatic rings. The normalized spacial score (nSPS) is 11.7. The predicted octanol–water partition coefficient (Wildman–Crippen LogP) is 5.39. The van der Waals surface area contributed by atoms with Gasteiger partial charge in [0.25, 0.3) is 0 Å². The standard InChI is InChI=1S/C13H17Br3O2Si/c1-4-19(5-2,6-3)12-9(15)7-8(14)10(11(12)16)13(17)18/h7H,4-6H2,1-3H3,(H,17,18). The maximum Gasteiger partial charge on any atom is 0.337 e. The first-order chi connectivity index (χ1) is 8.84. The monoisotopic (exact) mass is 470 g/mol.